The van der Waals surface area contributed by atoms with E-state index >= 15 is 0 Å². The average Bonchev–Trinajstić information content (AvgIpc) is 2.33. The zero-order valence-electron chi connectivity index (χ0n) is 6.37. The molecule has 60 valence electrons. The van der Waals surface area contributed by atoms with Crippen molar-refractivity contribution in [3.8, 4) is 0 Å². The number of aromatic nitrogens is 1. The third kappa shape index (κ3) is 1.64. The summed E-state index contributed by atoms with van der Waals surface area (Å²) in [7, 11) is 0. The fraction of sp³-hybridized carbons (Fsp3) is 0.429. The SMILES string of the molecule is Cc1ncsc1C(=O)C(C)O. The van der Waals surface area contributed by atoms with Crippen molar-refractivity contribution in [1.82, 2.24) is 4.98 Å². The molecule has 1 unspecified atom stereocenters. The van der Waals surface area contributed by atoms with Crippen LogP contribution in [-0.2, 0) is 0 Å². The Kier molecular flexibility index (Phi) is 2.36. The van der Waals surface area contributed by atoms with Gasteiger partial charge in [-0.1, -0.05) is 0 Å². The van der Waals surface area contributed by atoms with Crippen molar-refractivity contribution in [2.75, 3.05) is 0 Å². The predicted molar refractivity (Wildman–Crippen MR) is 42.9 cm³/mol. The summed E-state index contributed by atoms with van der Waals surface area (Å²) in [6, 6.07) is 0. The molecule has 0 aliphatic rings. The van der Waals surface area contributed by atoms with Gasteiger partial charge in [-0.3, -0.25) is 4.79 Å². The number of ketones is 1. The second kappa shape index (κ2) is 3.11. The van der Waals surface area contributed by atoms with Gasteiger partial charge in [0.05, 0.1) is 16.1 Å². The van der Waals surface area contributed by atoms with Gasteiger partial charge in [-0.25, -0.2) is 4.98 Å². The highest BCUT2D eigenvalue weighted by Gasteiger charge is 2.15. The Bertz CT molecular complexity index is 267. The van der Waals surface area contributed by atoms with Crippen LogP contribution in [0.5, 0.6) is 0 Å². The van der Waals surface area contributed by atoms with Crippen LogP contribution in [-0.4, -0.2) is 22.0 Å². The van der Waals surface area contributed by atoms with E-state index in [4.69, 9.17) is 5.11 Å². The number of hydrogen-bond donors (Lipinski definition) is 1. The first-order chi connectivity index (χ1) is 5.13. The van der Waals surface area contributed by atoms with Crippen molar-refractivity contribution in [3.05, 3.63) is 16.1 Å². The lowest BCUT2D eigenvalue weighted by Gasteiger charge is -1.99. The Hall–Kier alpha value is -0.740. The third-order valence-corrected chi connectivity index (χ3v) is 2.29. The molecular formula is C7H9NO2S. The number of thiazole rings is 1. The van der Waals surface area contributed by atoms with E-state index in [1.165, 1.54) is 18.3 Å². The maximum atomic E-state index is 11.1. The first-order valence-corrected chi connectivity index (χ1v) is 4.13. The number of carbonyl (C=O) groups excluding carboxylic acids is 1. The number of carbonyl (C=O) groups is 1. The highest BCUT2D eigenvalue weighted by molar-refractivity contribution is 7.12. The van der Waals surface area contributed by atoms with Crippen LogP contribution in [0.1, 0.15) is 22.3 Å². The van der Waals surface area contributed by atoms with Crippen molar-refractivity contribution in [2.24, 2.45) is 0 Å². The molecule has 1 aromatic rings. The molecule has 0 aromatic carbocycles. The minimum atomic E-state index is -0.922. The zero-order valence-corrected chi connectivity index (χ0v) is 7.18. The Morgan fingerprint density at radius 1 is 1.82 bits per heavy atom. The summed E-state index contributed by atoms with van der Waals surface area (Å²) >= 11 is 1.27. The maximum absolute atomic E-state index is 11.1. The van der Waals surface area contributed by atoms with Crippen LogP contribution in [0.2, 0.25) is 0 Å². The summed E-state index contributed by atoms with van der Waals surface area (Å²) in [6.07, 6.45) is -0.922. The lowest BCUT2D eigenvalue weighted by Crippen LogP contribution is -2.15. The van der Waals surface area contributed by atoms with Crippen LogP contribution in [0, 0.1) is 6.92 Å². The molecule has 0 saturated heterocycles. The molecule has 4 heteroatoms. The molecule has 0 saturated carbocycles. The first-order valence-electron chi connectivity index (χ1n) is 3.25. The molecule has 0 spiro atoms. The number of nitrogens with zero attached hydrogens (tertiary/aromatic N) is 1. The molecule has 0 aliphatic carbocycles. The summed E-state index contributed by atoms with van der Waals surface area (Å²) in [4.78, 5) is 15.6. The summed E-state index contributed by atoms with van der Waals surface area (Å²) in [6.45, 7) is 3.22. The van der Waals surface area contributed by atoms with Gasteiger partial charge in [0.25, 0.3) is 0 Å². The van der Waals surface area contributed by atoms with Gasteiger partial charge < -0.3 is 5.11 Å². The zero-order chi connectivity index (χ0) is 8.43. The van der Waals surface area contributed by atoms with E-state index in [2.05, 4.69) is 4.98 Å². The summed E-state index contributed by atoms with van der Waals surface area (Å²) in [5.74, 6) is -0.245. The van der Waals surface area contributed by atoms with Gasteiger partial charge in [-0.15, -0.1) is 11.3 Å². The van der Waals surface area contributed by atoms with Gasteiger partial charge in [0.15, 0.2) is 0 Å². The Morgan fingerprint density at radius 2 is 2.45 bits per heavy atom. The number of rotatable bonds is 2. The number of hydrogen-bond acceptors (Lipinski definition) is 4. The Morgan fingerprint density at radius 3 is 2.82 bits per heavy atom. The minimum absolute atomic E-state index is 0.245. The monoisotopic (exact) mass is 171 g/mol. The lowest BCUT2D eigenvalue weighted by molar-refractivity contribution is 0.0783. The quantitative estimate of drug-likeness (QED) is 0.676. The van der Waals surface area contributed by atoms with E-state index in [1.54, 1.807) is 12.4 Å². The molecule has 1 N–H and O–H groups in total. The van der Waals surface area contributed by atoms with E-state index < -0.39 is 6.10 Å². The fourth-order valence-corrected chi connectivity index (χ4v) is 1.55. The molecule has 11 heavy (non-hydrogen) atoms. The van der Waals surface area contributed by atoms with Gasteiger partial charge >= 0.3 is 0 Å². The van der Waals surface area contributed by atoms with Crippen molar-refractivity contribution in [2.45, 2.75) is 20.0 Å². The molecule has 0 amide bonds. The molecule has 0 fully saturated rings. The van der Waals surface area contributed by atoms with Crippen LogP contribution in [0.15, 0.2) is 5.51 Å². The average molecular weight is 171 g/mol. The molecule has 0 aliphatic heterocycles. The summed E-state index contributed by atoms with van der Waals surface area (Å²) in [5.41, 5.74) is 2.30. The second-order valence-corrected chi connectivity index (χ2v) is 3.16. The van der Waals surface area contributed by atoms with Crippen LogP contribution < -0.4 is 0 Å². The van der Waals surface area contributed by atoms with Crippen LogP contribution in [0.4, 0.5) is 0 Å². The molecule has 1 heterocycles. The molecule has 1 aromatic heterocycles. The van der Waals surface area contributed by atoms with Crippen LogP contribution >= 0.6 is 11.3 Å². The fourth-order valence-electron chi connectivity index (χ4n) is 0.728. The van der Waals surface area contributed by atoms with Gasteiger partial charge in [0.2, 0.25) is 5.78 Å². The van der Waals surface area contributed by atoms with Crippen LogP contribution in [0.3, 0.4) is 0 Å². The number of aliphatic hydroxyl groups is 1. The standard InChI is InChI=1S/C7H9NO2S/c1-4-7(11-3-8-4)6(10)5(2)9/h3,5,9H,1-2H3. The van der Waals surface area contributed by atoms with E-state index in [0.717, 1.165) is 0 Å². The first kappa shape index (κ1) is 8.36. The van der Waals surface area contributed by atoms with Crippen molar-refractivity contribution < 1.29 is 9.90 Å². The van der Waals surface area contributed by atoms with E-state index in [-0.39, 0.29) is 5.78 Å². The summed E-state index contributed by atoms with van der Waals surface area (Å²) < 4.78 is 0. The largest absolute Gasteiger partial charge is 0.385 e. The molecule has 3 nitrogen and oxygen atoms in total. The molecular weight excluding hydrogens is 162 g/mol. The second-order valence-electron chi connectivity index (χ2n) is 2.31. The molecule has 0 radical (unpaired) electrons. The molecule has 1 rings (SSSR count). The van der Waals surface area contributed by atoms with Gasteiger partial charge in [-0.05, 0) is 13.8 Å². The third-order valence-electron chi connectivity index (χ3n) is 1.35. The van der Waals surface area contributed by atoms with Gasteiger partial charge in [-0.2, -0.15) is 0 Å². The summed E-state index contributed by atoms with van der Waals surface area (Å²) in [5, 5.41) is 8.95. The Balaban J connectivity index is 2.93. The van der Waals surface area contributed by atoms with Crippen molar-refractivity contribution in [1.29, 1.82) is 0 Å². The maximum Gasteiger partial charge on any atom is 0.202 e. The minimum Gasteiger partial charge on any atom is -0.385 e. The van der Waals surface area contributed by atoms with E-state index in [9.17, 15) is 4.79 Å². The molecule has 1 atom stereocenters. The van der Waals surface area contributed by atoms with Crippen molar-refractivity contribution >= 4 is 17.1 Å². The number of aliphatic hydroxyl groups excluding tert-OH is 1. The number of Topliss-reactive ketones (excluding diaryl/α,β-unsaturated/α-hetero) is 1. The van der Waals surface area contributed by atoms with E-state index in [1.807, 2.05) is 0 Å². The van der Waals surface area contributed by atoms with Gasteiger partial charge in [0, 0.05) is 0 Å². The highest BCUT2D eigenvalue weighted by Crippen LogP contribution is 2.14. The topological polar surface area (TPSA) is 50.2 Å². The molecule has 0 bridgehead atoms. The smallest absolute Gasteiger partial charge is 0.202 e. The number of aryl methyl sites for hydroxylation is 1. The van der Waals surface area contributed by atoms with Crippen molar-refractivity contribution in [3.63, 3.8) is 0 Å². The lowest BCUT2D eigenvalue weighted by atomic mass is 10.2. The van der Waals surface area contributed by atoms with Crippen LogP contribution in [0.25, 0.3) is 0 Å². The van der Waals surface area contributed by atoms with E-state index in [0.29, 0.717) is 10.6 Å². The normalized spacial score (nSPS) is 13.0. The predicted octanol–water partition coefficient (Wildman–Crippen LogP) is 1.02. The Labute approximate surface area is 68.7 Å². The highest BCUT2D eigenvalue weighted by atomic mass is 32.1. The van der Waals surface area contributed by atoms with Gasteiger partial charge in [0.1, 0.15) is 6.10 Å².